The van der Waals surface area contributed by atoms with Gasteiger partial charge in [0.2, 0.25) is 5.95 Å². The summed E-state index contributed by atoms with van der Waals surface area (Å²) >= 11 is 12.7. The van der Waals surface area contributed by atoms with Crippen molar-refractivity contribution in [3.63, 3.8) is 0 Å². The molecule has 0 fully saturated rings. The van der Waals surface area contributed by atoms with E-state index in [1.54, 1.807) is 42.5 Å². The van der Waals surface area contributed by atoms with E-state index in [1.165, 1.54) is 0 Å². The van der Waals surface area contributed by atoms with Crippen molar-refractivity contribution in [3.05, 3.63) is 75.4 Å². The van der Waals surface area contributed by atoms with Gasteiger partial charge in [0.1, 0.15) is 5.82 Å². The molecule has 0 bridgehead atoms. The van der Waals surface area contributed by atoms with Crippen LogP contribution in [0.5, 0.6) is 0 Å². The number of aliphatic hydroxyl groups is 1. The normalized spacial score (nSPS) is 10.5. The van der Waals surface area contributed by atoms with Crippen molar-refractivity contribution in [3.8, 4) is 6.07 Å². The van der Waals surface area contributed by atoms with Crippen molar-refractivity contribution < 1.29 is 5.11 Å². The Morgan fingerprint density at radius 2 is 1.73 bits per heavy atom. The van der Waals surface area contributed by atoms with Gasteiger partial charge in [-0.3, -0.25) is 0 Å². The first-order valence-electron chi connectivity index (χ1n) is 9.52. The molecule has 3 rings (SSSR count). The highest BCUT2D eigenvalue weighted by atomic mass is 35.5. The highest BCUT2D eigenvalue weighted by molar-refractivity contribution is 6.36. The number of nitrogens with one attached hydrogen (secondary N) is 2. The molecule has 1 heterocycles. The standard InChI is InChI=1S/C22H21Cl2N5O/c23-19-4-3-5-20(24)18(19)12-17-13-21(26-10-1-2-11-30)29-22(28-17)27-16-8-6-15(14-25)7-9-16/h3-9,13,30H,1-2,10-12H2,(H2,26,27,28,29). The Kier molecular flexibility index (Phi) is 7.86. The molecule has 0 amide bonds. The van der Waals surface area contributed by atoms with Gasteiger partial charge in [0.25, 0.3) is 0 Å². The van der Waals surface area contributed by atoms with E-state index in [-0.39, 0.29) is 6.61 Å². The van der Waals surface area contributed by atoms with Crippen molar-refractivity contribution in [2.45, 2.75) is 19.3 Å². The molecule has 1 aromatic heterocycles. The van der Waals surface area contributed by atoms with Crippen molar-refractivity contribution in [2.75, 3.05) is 23.8 Å². The highest BCUT2D eigenvalue weighted by Crippen LogP contribution is 2.27. The van der Waals surface area contributed by atoms with Gasteiger partial charge in [0, 0.05) is 41.4 Å². The summed E-state index contributed by atoms with van der Waals surface area (Å²) in [6.45, 7) is 0.841. The average molecular weight is 442 g/mol. The Morgan fingerprint density at radius 3 is 2.40 bits per heavy atom. The van der Waals surface area contributed by atoms with Crippen LogP contribution < -0.4 is 10.6 Å². The van der Waals surface area contributed by atoms with Crippen LogP contribution >= 0.6 is 23.2 Å². The molecule has 154 valence electrons. The predicted molar refractivity (Wildman–Crippen MR) is 121 cm³/mol. The van der Waals surface area contributed by atoms with Crippen LogP contribution in [-0.2, 0) is 6.42 Å². The summed E-state index contributed by atoms with van der Waals surface area (Å²) in [5, 5.41) is 25.5. The first kappa shape index (κ1) is 21.8. The molecular weight excluding hydrogens is 421 g/mol. The maximum atomic E-state index is 8.96. The van der Waals surface area contributed by atoms with Crippen LogP contribution in [0.2, 0.25) is 10.0 Å². The minimum Gasteiger partial charge on any atom is -0.396 e. The van der Waals surface area contributed by atoms with E-state index in [2.05, 4.69) is 26.7 Å². The van der Waals surface area contributed by atoms with Crippen molar-refractivity contribution in [1.82, 2.24) is 9.97 Å². The summed E-state index contributed by atoms with van der Waals surface area (Å²) in [6.07, 6.45) is 2.00. The summed E-state index contributed by atoms with van der Waals surface area (Å²) in [5.74, 6) is 1.09. The Labute approximate surface area is 185 Å². The topological polar surface area (TPSA) is 93.9 Å². The molecule has 0 saturated heterocycles. The number of halogens is 2. The van der Waals surface area contributed by atoms with Gasteiger partial charge >= 0.3 is 0 Å². The van der Waals surface area contributed by atoms with Gasteiger partial charge in [-0.05, 0) is 54.8 Å². The fourth-order valence-electron chi connectivity index (χ4n) is 2.83. The monoisotopic (exact) mass is 441 g/mol. The first-order valence-corrected chi connectivity index (χ1v) is 10.3. The van der Waals surface area contributed by atoms with Gasteiger partial charge in [0.05, 0.1) is 17.3 Å². The SMILES string of the molecule is N#Cc1ccc(Nc2nc(Cc3c(Cl)cccc3Cl)cc(NCCCCO)n2)cc1. The van der Waals surface area contributed by atoms with E-state index in [0.717, 1.165) is 29.8 Å². The number of nitrogens with zero attached hydrogens (tertiary/aromatic N) is 3. The van der Waals surface area contributed by atoms with Gasteiger partial charge < -0.3 is 15.7 Å². The third-order valence-electron chi connectivity index (χ3n) is 4.36. The number of aromatic nitrogens is 2. The van der Waals surface area contributed by atoms with Crippen LogP contribution in [0.15, 0.2) is 48.5 Å². The van der Waals surface area contributed by atoms with Crippen LogP contribution in [0.25, 0.3) is 0 Å². The van der Waals surface area contributed by atoms with E-state index in [4.69, 9.17) is 33.6 Å². The van der Waals surface area contributed by atoms with Crippen molar-refractivity contribution in [1.29, 1.82) is 5.26 Å². The van der Waals surface area contributed by atoms with E-state index in [9.17, 15) is 0 Å². The Hall–Kier alpha value is -2.85. The zero-order chi connectivity index (χ0) is 21.3. The lowest BCUT2D eigenvalue weighted by Gasteiger charge is -2.12. The number of unbranched alkanes of at least 4 members (excludes halogenated alkanes) is 1. The second-order valence-electron chi connectivity index (χ2n) is 6.62. The molecular formula is C22H21Cl2N5O. The maximum Gasteiger partial charge on any atom is 0.229 e. The second-order valence-corrected chi connectivity index (χ2v) is 7.43. The largest absolute Gasteiger partial charge is 0.396 e. The molecule has 0 radical (unpaired) electrons. The van der Waals surface area contributed by atoms with Crippen LogP contribution in [-0.4, -0.2) is 28.2 Å². The van der Waals surface area contributed by atoms with Gasteiger partial charge in [-0.2, -0.15) is 10.2 Å². The van der Waals surface area contributed by atoms with Gasteiger partial charge in [-0.15, -0.1) is 0 Å². The number of anilines is 3. The zero-order valence-corrected chi connectivity index (χ0v) is 17.7. The van der Waals surface area contributed by atoms with Crippen LogP contribution in [0, 0.1) is 11.3 Å². The third kappa shape index (κ3) is 6.07. The molecule has 0 aliphatic rings. The Morgan fingerprint density at radius 1 is 1.00 bits per heavy atom. The quantitative estimate of drug-likeness (QED) is 0.396. The zero-order valence-electron chi connectivity index (χ0n) is 16.2. The molecule has 0 spiro atoms. The summed E-state index contributed by atoms with van der Waals surface area (Å²) in [4.78, 5) is 9.14. The minimum absolute atomic E-state index is 0.160. The molecule has 0 atom stereocenters. The third-order valence-corrected chi connectivity index (χ3v) is 5.07. The summed E-state index contributed by atoms with van der Waals surface area (Å²) in [5.41, 5.74) is 2.90. The van der Waals surface area contributed by atoms with E-state index in [0.29, 0.717) is 40.3 Å². The lowest BCUT2D eigenvalue weighted by atomic mass is 10.1. The number of benzene rings is 2. The number of aliphatic hydroxyl groups excluding tert-OH is 1. The Bertz CT molecular complexity index is 1010. The lowest BCUT2D eigenvalue weighted by Crippen LogP contribution is -2.08. The summed E-state index contributed by atoms with van der Waals surface area (Å²) < 4.78 is 0. The fourth-order valence-corrected chi connectivity index (χ4v) is 3.36. The number of nitriles is 1. The summed E-state index contributed by atoms with van der Waals surface area (Å²) in [6, 6.07) is 16.4. The molecule has 8 heteroatoms. The van der Waals surface area contributed by atoms with Crippen LogP contribution in [0.4, 0.5) is 17.5 Å². The molecule has 0 aliphatic carbocycles. The van der Waals surface area contributed by atoms with Crippen LogP contribution in [0.1, 0.15) is 29.7 Å². The van der Waals surface area contributed by atoms with Crippen LogP contribution in [0.3, 0.4) is 0 Å². The molecule has 0 saturated carbocycles. The van der Waals surface area contributed by atoms with Crippen molar-refractivity contribution in [2.24, 2.45) is 0 Å². The maximum absolute atomic E-state index is 8.96. The van der Waals surface area contributed by atoms with Crippen molar-refractivity contribution >= 4 is 40.7 Å². The molecule has 30 heavy (non-hydrogen) atoms. The first-order chi connectivity index (χ1) is 14.6. The van der Waals surface area contributed by atoms with Gasteiger partial charge in [-0.25, -0.2) is 4.98 Å². The smallest absolute Gasteiger partial charge is 0.229 e. The highest BCUT2D eigenvalue weighted by Gasteiger charge is 2.11. The molecule has 6 nitrogen and oxygen atoms in total. The molecule has 0 unspecified atom stereocenters. The minimum atomic E-state index is 0.160. The van der Waals surface area contributed by atoms with E-state index in [1.807, 2.05) is 6.07 Å². The second kappa shape index (κ2) is 10.8. The van der Waals surface area contributed by atoms with E-state index >= 15 is 0 Å². The summed E-state index contributed by atoms with van der Waals surface area (Å²) in [7, 11) is 0. The fraction of sp³-hybridized carbons (Fsp3) is 0.227. The number of hydrogen-bond donors (Lipinski definition) is 3. The average Bonchev–Trinajstić information content (AvgIpc) is 2.74. The molecule has 3 aromatic rings. The molecule has 0 aliphatic heterocycles. The number of hydrogen-bond acceptors (Lipinski definition) is 6. The van der Waals surface area contributed by atoms with Gasteiger partial charge in [-0.1, -0.05) is 29.3 Å². The predicted octanol–water partition coefficient (Wildman–Crippen LogP) is 5.17. The van der Waals surface area contributed by atoms with Gasteiger partial charge in [0.15, 0.2) is 0 Å². The van der Waals surface area contributed by atoms with E-state index < -0.39 is 0 Å². The molecule has 2 aromatic carbocycles. The Balaban J connectivity index is 1.86. The lowest BCUT2D eigenvalue weighted by molar-refractivity contribution is 0.286. The number of rotatable bonds is 9. The molecule has 3 N–H and O–H groups in total.